The van der Waals surface area contributed by atoms with Crippen molar-refractivity contribution >= 4 is 11.9 Å². The maximum Gasteiger partial charge on any atom is 0.336 e. The molecule has 1 aliphatic heterocycles. The summed E-state index contributed by atoms with van der Waals surface area (Å²) in [5.41, 5.74) is 6.17. The van der Waals surface area contributed by atoms with Gasteiger partial charge in [-0.25, -0.2) is 10.2 Å². The van der Waals surface area contributed by atoms with Gasteiger partial charge in [0.1, 0.15) is 18.1 Å². The van der Waals surface area contributed by atoms with E-state index in [1.807, 2.05) is 48.5 Å². The lowest BCUT2D eigenvalue weighted by Crippen LogP contribution is -2.49. The van der Waals surface area contributed by atoms with Crippen molar-refractivity contribution in [2.45, 2.75) is 19.6 Å². The quantitative estimate of drug-likeness (QED) is 0.565. The van der Waals surface area contributed by atoms with E-state index in [9.17, 15) is 9.59 Å². The second-order valence-corrected chi connectivity index (χ2v) is 7.85. The van der Waals surface area contributed by atoms with Crippen molar-refractivity contribution in [3.05, 3.63) is 89.9 Å². The predicted molar refractivity (Wildman–Crippen MR) is 123 cm³/mol. The van der Waals surface area contributed by atoms with Crippen LogP contribution in [0.5, 0.6) is 5.75 Å². The zero-order valence-electron chi connectivity index (χ0n) is 18.4. The van der Waals surface area contributed by atoms with Crippen molar-refractivity contribution in [1.29, 1.82) is 0 Å². The maximum atomic E-state index is 12.5. The van der Waals surface area contributed by atoms with Crippen molar-refractivity contribution in [3.8, 4) is 5.75 Å². The van der Waals surface area contributed by atoms with E-state index >= 15 is 0 Å². The predicted octanol–water partition coefficient (Wildman–Crippen LogP) is 3.42. The van der Waals surface area contributed by atoms with E-state index < -0.39 is 5.91 Å². The number of urea groups is 1. The lowest BCUT2D eigenvalue weighted by Gasteiger charge is -2.22. The first-order valence-electron chi connectivity index (χ1n) is 11.1. The Morgan fingerprint density at radius 3 is 2.39 bits per heavy atom. The molecule has 0 saturated carbocycles. The fraction of sp³-hybridized carbons (Fsp3) is 0.280. The number of nitrogens with zero attached hydrogens (tertiary/aromatic N) is 2. The van der Waals surface area contributed by atoms with Gasteiger partial charge >= 0.3 is 11.9 Å². The van der Waals surface area contributed by atoms with Crippen LogP contribution in [0.2, 0.25) is 0 Å². The summed E-state index contributed by atoms with van der Waals surface area (Å²) in [4.78, 5) is 29.0. The average Bonchev–Trinajstić information content (AvgIpc) is 3.21. The Kier molecular flexibility index (Phi) is 7.60. The van der Waals surface area contributed by atoms with E-state index in [0.717, 1.165) is 26.1 Å². The molecule has 0 aliphatic carbocycles. The van der Waals surface area contributed by atoms with Gasteiger partial charge in [0.25, 0.3) is 0 Å². The molecule has 0 spiro atoms. The van der Waals surface area contributed by atoms with Crippen LogP contribution in [-0.2, 0) is 13.2 Å². The van der Waals surface area contributed by atoms with Crippen molar-refractivity contribution in [2.75, 3.05) is 26.2 Å². The Morgan fingerprint density at radius 2 is 1.61 bits per heavy atom. The van der Waals surface area contributed by atoms with E-state index in [2.05, 4.69) is 27.9 Å². The number of rotatable bonds is 6. The molecule has 0 radical (unpaired) electrons. The summed E-state index contributed by atoms with van der Waals surface area (Å²) >= 11 is 0. The molecule has 8 heteroatoms. The molecule has 4 rings (SSSR count). The third kappa shape index (κ3) is 6.60. The minimum atomic E-state index is -0.519. The van der Waals surface area contributed by atoms with Crippen LogP contribution in [0.1, 0.15) is 28.3 Å². The number of hydrogen-bond acceptors (Lipinski definition) is 5. The van der Waals surface area contributed by atoms with Gasteiger partial charge in [-0.1, -0.05) is 48.5 Å². The van der Waals surface area contributed by atoms with Crippen LogP contribution in [-0.4, -0.2) is 47.9 Å². The van der Waals surface area contributed by atoms with E-state index in [1.165, 1.54) is 5.56 Å². The molecular formula is C25H28N4O4. The Morgan fingerprint density at radius 1 is 0.848 bits per heavy atom. The molecule has 2 aromatic carbocycles. The Balaban J connectivity index is 1.21. The highest BCUT2D eigenvalue weighted by molar-refractivity contribution is 5.92. The van der Waals surface area contributed by atoms with Crippen LogP contribution in [0.4, 0.5) is 4.79 Å². The molecule has 1 aliphatic rings. The largest absolute Gasteiger partial charge is 0.486 e. The smallest absolute Gasteiger partial charge is 0.336 e. The van der Waals surface area contributed by atoms with E-state index in [4.69, 9.17) is 9.15 Å². The normalized spacial score (nSPS) is 14.4. The number of hydrazine groups is 1. The number of carbonyl (C=O) groups is 2. The monoisotopic (exact) mass is 448 g/mol. The lowest BCUT2D eigenvalue weighted by atomic mass is 10.2. The van der Waals surface area contributed by atoms with Gasteiger partial charge in [0.2, 0.25) is 0 Å². The van der Waals surface area contributed by atoms with Crippen LogP contribution in [0.3, 0.4) is 0 Å². The third-order valence-corrected chi connectivity index (χ3v) is 5.42. The highest BCUT2D eigenvalue weighted by atomic mass is 16.5. The Labute approximate surface area is 193 Å². The van der Waals surface area contributed by atoms with Crippen molar-refractivity contribution in [3.63, 3.8) is 0 Å². The molecule has 2 N–H and O–H groups in total. The molecule has 2 heterocycles. The zero-order chi connectivity index (χ0) is 22.9. The van der Waals surface area contributed by atoms with E-state index in [-0.39, 0.29) is 18.4 Å². The van der Waals surface area contributed by atoms with Gasteiger partial charge in [-0.3, -0.25) is 15.1 Å². The highest BCUT2D eigenvalue weighted by Crippen LogP contribution is 2.14. The molecule has 0 bridgehead atoms. The summed E-state index contributed by atoms with van der Waals surface area (Å²) in [5, 5.41) is 0. The molecule has 172 valence electrons. The molecule has 1 aromatic heterocycles. The molecule has 1 saturated heterocycles. The lowest BCUT2D eigenvalue weighted by molar-refractivity contribution is 0.0898. The minimum Gasteiger partial charge on any atom is -0.486 e. The second kappa shape index (κ2) is 11.2. The fourth-order valence-electron chi connectivity index (χ4n) is 3.67. The summed E-state index contributed by atoms with van der Waals surface area (Å²) in [7, 11) is 0. The number of amides is 3. The summed E-state index contributed by atoms with van der Waals surface area (Å²) < 4.78 is 11.1. The van der Waals surface area contributed by atoms with E-state index in [1.54, 1.807) is 17.0 Å². The first-order valence-corrected chi connectivity index (χ1v) is 11.1. The topological polar surface area (TPSA) is 87.1 Å². The molecule has 0 atom stereocenters. The first kappa shape index (κ1) is 22.4. The van der Waals surface area contributed by atoms with Gasteiger partial charge in [-0.05, 0) is 36.2 Å². The average molecular weight is 449 g/mol. The van der Waals surface area contributed by atoms with Gasteiger partial charge < -0.3 is 14.1 Å². The molecule has 3 aromatic rings. The number of para-hydroxylation sites is 1. The third-order valence-electron chi connectivity index (χ3n) is 5.42. The number of benzene rings is 2. The second-order valence-electron chi connectivity index (χ2n) is 7.85. The van der Waals surface area contributed by atoms with Crippen molar-refractivity contribution in [2.24, 2.45) is 0 Å². The number of furan rings is 1. The molecule has 8 nitrogen and oxygen atoms in total. The highest BCUT2D eigenvalue weighted by Gasteiger charge is 2.20. The van der Waals surface area contributed by atoms with Gasteiger partial charge in [-0.15, -0.1) is 0 Å². The molecular weight excluding hydrogens is 420 g/mol. The number of carbonyl (C=O) groups excluding carboxylic acids is 2. The van der Waals surface area contributed by atoms with Gasteiger partial charge in [0.05, 0.1) is 0 Å². The summed E-state index contributed by atoms with van der Waals surface area (Å²) in [6.07, 6.45) is 0.872. The molecule has 33 heavy (non-hydrogen) atoms. The van der Waals surface area contributed by atoms with Crippen LogP contribution < -0.4 is 15.6 Å². The fourth-order valence-corrected chi connectivity index (χ4v) is 3.67. The summed E-state index contributed by atoms with van der Waals surface area (Å²) in [5.74, 6) is 0.815. The zero-order valence-corrected chi connectivity index (χ0v) is 18.4. The number of ether oxygens (including phenoxy) is 1. The minimum absolute atomic E-state index is 0.104. The van der Waals surface area contributed by atoms with Gasteiger partial charge in [0.15, 0.2) is 5.76 Å². The Bertz CT molecular complexity index is 1040. The van der Waals surface area contributed by atoms with Crippen LogP contribution in [0, 0.1) is 0 Å². The van der Waals surface area contributed by atoms with Crippen LogP contribution >= 0.6 is 0 Å². The first-order chi connectivity index (χ1) is 16.2. The van der Waals surface area contributed by atoms with Crippen LogP contribution in [0.25, 0.3) is 0 Å². The summed E-state index contributed by atoms with van der Waals surface area (Å²) in [6, 6.07) is 22.6. The standard InChI is InChI=1S/C25H28N4O4/c30-24(23-13-12-22(33-23)19-32-21-10-5-2-6-11-21)26-27-25(31)29-15-7-14-28(16-17-29)18-20-8-3-1-4-9-20/h1-6,8-13H,7,14-19H2,(H,26,30)(H,27,31). The number of hydrogen-bond donors (Lipinski definition) is 2. The Hall–Kier alpha value is -3.78. The van der Waals surface area contributed by atoms with Gasteiger partial charge in [-0.2, -0.15) is 0 Å². The summed E-state index contributed by atoms with van der Waals surface area (Å²) in [6.45, 7) is 3.99. The number of nitrogens with one attached hydrogen (secondary N) is 2. The molecule has 3 amide bonds. The maximum absolute atomic E-state index is 12.5. The SMILES string of the molecule is O=C(NNC(=O)N1CCCN(Cc2ccccc2)CC1)c1ccc(COc2ccccc2)o1. The van der Waals surface area contributed by atoms with Crippen molar-refractivity contribution < 1.29 is 18.7 Å². The van der Waals surface area contributed by atoms with Crippen LogP contribution in [0.15, 0.2) is 77.2 Å². The van der Waals surface area contributed by atoms with Gasteiger partial charge in [0, 0.05) is 32.7 Å². The molecule has 0 unspecified atom stereocenters. The molecule has 1 fully saturated rings. The van der Waals surface area contributed by atoms with Crippen molar-refractivity contribution in [1.82, 2.24) is 20.7 Å². The van der Waals surface area contributed by atoms with E-state index in [0.29, 0.717) is 24.6 Å².